The normalized spacial score (nSPS) is 10.0. The Balaban J connectivity index is 1.60. The smallest absolute Gasteiger partial charge is 0.234 e. The van der Waals surface area contributed by atoms with Crippen LogP contribution in [0.15, 0.2) is 71.8 Å². The molecule has 0 saturated heterocycles. The summed E-state index contributed by atoms with van der Waals surface area (Å²) < 4.78 is 26.5. The summed E-state index contributed by atoms with van der Waals surface area (Å²) in [6.07, 6.45) is 1.67. The lowest BCUT2D eigenvalue weighted by atomic mass is 10.2. The summed E-state index contributed by atoms with van der Waals surface area (Å²) in [5.74, 6) is 4.32. The molecule has 1 aromatic heterocycles. The molecular formula is C21H14F2N2OS. The number of benzene rings is 2. The standard InChI is InChI=1S/C21H14F2N2OS/c22-16-8-10-20(19(23)13-16)27-14-21(26)25-18-6-3-4-15(12-18)7-9-17-5-1-2-11-24-17/h1-6,8,10-13H,14H2,(H,25,26). The molecule has 0 spiro atoms. The van der Waals surface area contributed by atoms with Crippen LogP contribution in [0.2, 0.25) is 0 Å². The highest BCUT2D eigenvalue weighted by molar-refractivity contribution is 8.00. The zero-order valence-electron chi connectivity index (χ0n) is 14.1. The first kappa shape index (κ1) is 18.6. The summed E-state index contributed by atoms with van der Waals surface area (Å²) in [5, 5.41) is 2.74. The van der Waals surface area contributed by atoms with Gasteiger partial charge >= 0.3 is 0 Å². The van der Waals surface area contributed by atoms with Gasteiger partial charge in [0.1, 0.15) is 17.3 Å². The van der Waals surface area contributed by atoms with E-state index in [0.29, 0.717) is 11.4 Å². The molecule has 6 heteroatoms. The molecule has 0 aliphatic heterocycles. The number of carbonyl (C=O) groups is 1. The zero-order chi connectivity index (χ0) is 19.1. The summed E-state index contributed by atoms with van der Waals surface area (Å²) in [4.78, 5) is 16.4. The Kier molecular flexibility index (Phi) is 6.18. The third kappa shape index (κ3) is 5.66. The van der Waals surface area contributed by atoms with Crippen LogP contribution < -0.4 is 5.32 Å². The maximum absolute atomic E-state index is 13.6. The van der Waals surface area contributed by atoms with Gasteiger partial charge in [-0.05, 0) is 48.4 Å². The molecule has 0 bridgehead atoms. The molecule has 1 heterocycles. The van der Waals surface area contributed by atoms with Gasteiger partial charge in [0.2, 0.25) is 5.91 Å². The summed E-state index contributed by atoms with van der Waals surface area (Å²) in [6.45, 7) is 0. The summed E-state index contributed by atoms with van der Waals surface area (Å²) in [7, 11) is 0. The molecule has 2 aromatic carbocycles. The second kappa shape index (κ2) is 8.97. The first-order chi connectivity index (χ1) is 13.1. The number of nitrogens with zero attached hydrogens (tertiary/aromatic N) is 1. The molecule has 0 saturated carbocycles. The van der Waals surface area contributed by atoms with Gasteiger partial charge in [-0.25, -0.2) is 13.8 Å². The van der Waals surface area contributed by atoms with Crippen LogP contribution in [0.1, 0.15) is 11.3 Å². The van der Waals surface area contributed by atoms with Gasteiger partial charge in [-0.1, -0.05) is 18.1 Å². The van der Waals surface area contributed by atoms with E-state index in [1.54, 1.807) is 24.4 Å². The fourth-order valence-corrected chi connectivity index (χ4v) is 2.90. The van der Waals surface area contributed by atoms with Crippen molar-refractivity contribution >= 4 is 23.4 Å². The molecule has 0 fully saturated rings. The van der Waals surface area contributed by atoms with E-state index in [4.69, 9.17) is 0 Å². The van der Waals surface area contributed by atoms with Crippen LogP contribution in [0.3, 0.4) is 0 Å². The Morgan fingerprint density at radius 2 is 1.93 bits per heavy atom. The minimum Gasteiger partial charge on any atom is -0.325 e. The van der Waals surface area contributed by atoms with Gasteiger partial charge in [0.25, 0.3) is 0 Å². The van der Waals surface area contributed by atoms with E-state index in [2.05, 4.69) is 22.1 Å². The van der Waals surface area contributed by atoms with E-state index >= 15 is 0 Å². The van der Waals surface area contributed by atoms with Crippen molar-refractivity contribution in [2.24, 2.45) is 0 Å². The van der Waals surface area contributed by atoms with Gasteiger partial charge in [-0.3, -0.25) is 4.79 Å². The van der Waals surface area contributed by atoms with E-state index in [1.807, 2.05) is 24.3 Å². The van der Waals surface area contributed by atoms with Gasteiger partial charge in [-0.15, -0.1) is 11.8 Å². The van der Waals surface area contributed by atoms with Gasteiger partial charge in [0.05, 0.1) is 5.75 Å². The Morgan fingerprint density at radius 1 is 1.04 bits per heavy atom. The Hall–Kier alpha value is -3.17. The minimum absolute atomic E-state index is 0.00634. The number of nitrogens with one attached hydrogen (secondary N) is 1. The maximum Gasteiger partial charge on any atom is 0.234 e. The Bertz CT molecular complexity index is 1010. The number of thioether (sulfide) groups is 1. The van der Waals surface area contributed by atoms with Crippen molar-refractivity contribution in [1.29, 1.82) is 0 Å². The van der Waals surface area contributed by atoms with Crippen LogP contribution in [0.5, 0.6) is 0 Å². The van der Waals surface area contributed by atoms with Crippen LogP contribution in [-0.4, -0.2) is 16.6 Å². The third-order valence-electron chi connectivity index (χ3n) is 3.40. The van der Waals surface area contributed by atoms with Crippen LogP contribution in [-0.2, 0) is 4.79 Å². The molecule has 27 heavy (non-hydrogen) atoms. The highest BCUT2D eigenvalue weighted by atomic mass is 32.2. The quantitative estimate of drug-likeness (QED) is 0.536. The number of anilines is 1. The lowest BCUT2D eigenvalue weighted by Crippen LogP contribution is -2.14. The molecule has 3 nitrogen and oxygen atoms in total. The molecule has 0 atom stereocenters. The summed E-state index contributed by atoms with van der Waals surface area (Å²) in [6, 6.07) is 15.9. The van der Waals surface area contributed by atoms with Crippen molar-refractivity contribution in [3.05, 3.63) is 89.8 Å². The Labute approximate surface area is 159 Å². The van der Waals surface area contributed by atoms with Crippen molar-refractivity contribution < 1.29 is 13.6 Å². The number of hydrogen-bond donors (Lipinski definition) is 1. The molecule has 0 radical (unpaired) electrons. The van der Waals surface area contributed by atoms with E-state index in [-0.39, 0.29) is 16.6 Å². The molecule has 134 valence electrons. The monoisotopic (exact) mass is 380 g/mol. The molecule has 3 aromatic rings. The molecule has 0 aliphatic rings. The second-order valence-corrected chi connectivity index (χ2v) is 6.47. The van der Waals surface area contributed by atoms with Crippen LogP contribution in [0, 0.1) is 23.5 Å². The van der Waals surface area contributed by atoms with E-state index < -0.39 is 11.6 Å². The SMILES string of the molecule is O=C(CSc1ccc(F)cc1F)Nc1cccc(C#Cc2ccccn2)c1. The van der Waals surface area contributed by atoms with Crippen LogP contribution >= 0.6 is 11.8 Å². The lowest BCUT2D eigenvalue weighted by molar-refractivity contribution is -0.113. The number of amides is 1. The fourth-order valence-electron chi connectivity index (χ4n) is 2.18. The zero-order valence-corrected chi connectivity index (χ0v) is 14.9. The van der Waals surface area contributed by atoms with Crippen LogP contribution in [0.4, 0.5) is 14.5 Å². The van der Waals surface area contributed by atoms with Crippen molar-refractivity contribution in [2.45, 2.75) is 4.90 Å². The topological polar surface area (TPSA) is 42.0 Å². The summed E-state index contributed by atoms with van der Waals surface area (Å²) in [5.41, 5.74) is 1.98. The van der Waals surface area contributed by atoms with Crippen LogP contribution in [0.25, 0.3) is 0 Å². The van der Waals surface area contributed by atoms with Gasteiger partial charge in [-0.2, -0.15) is 0 Å². The number of halogens is 2. The molecule has 0 unspecified atom stereocenters. The summed E-state index contributed by atoms with van der Waals surface area (Å²) >= 11 is 1.00. The molecular weight excluding hydrogens is 366 g/mol. The van der Waals surface area contributed by atoms with Crippen molar-refractivity contribution in [1.82, 2.24) is 4.98 Å². The highest BCUT2D eigenvalue weighted by Gasteiger charge is 2.08. The molecule has 0 aliphatic carbocycles. The number of hydrogen-bond acceptors (Lipinski definition) is 3. The van der Waals surface area contributed by atoms with E-state index in [9.17, 15) is 13.6 Å². The fraction of sp³-hybridized carbons (Fsp3) is 0.0476. The molecule has 3 rings (SSSR count). The van der Waals surface area contributed by atoms with E-state index in [0.717, 1.165) is 29.5 Å². The Morgan fingerprint density at radius 3 is 2.70 bits per heavy atom. The number of aromatic nitrogens is 1. The van der Waals surface area contributed by atoms with E-state index in [1.165, 1.54) is 6.07 Å². The predicted octanol–water partition coefficient (Wildman–Crippen LogP) is 4.49. The third-order valence-corrected chi connectivity index (χ3v) is 4.45. The van der Waals surface area contributed by atoms with Gasteiger partial charge in [0, 0.05) is 28.4 Å². The molecule has 1 N–H and O–H groups in total. The average molecular weight is 380 g/mol. The second-order valence-electron chi connectivity index (χ2n) is 5.46. The average Bonchev–Trinajstić information content (AvgIpc) is 2.67. The van der Waals surface area contributed by atoms with Crippen molar-refractivity contribution in [2.75, 3.05) is 11.1 Å². The van der Waals surface area contributed by atoms with Gasteiger partial charge in [0.15, 0.2) is 0 Å². The number of carbonyl (C=O) groups excluding carboxylic acids is 1. The maximum atomic E-state index is 13.6. The predicted molar refractivity (Wildman–Crippen MR) is 102 cm³/mol. The van der Waals surface area contributed by atoms with Crippen molar-refractivity contribution in [3.8, 4) is 11.8 Å². The molecule has 1 amide bonds. The highest BCUT2D eigenvalue weighted by Crippen LogP contribution is 2.22. The van der Waals surface area contributed by atoms with Crippen molar-refractivity contribution in [3.63, 3.8) is 0 Å². The first-order valence-corrected chi connectivity index (χ1v) is 8.99. The lowest BCUT2D eigenvalue weighted by Gasteiger charge is -2.06. The number of rotatable bonds is 4. The van der Waals surface area contributed by atoms with Gasteiger partial charge < -0.3 is 5.32 Å². The first-order valence-electron chi connectivity index (χ1n) is 8.01. The largest absolute Gasteiger partial charge is 0.325 e. The number of pyridine rings is 1. The minimum atomic E-state index is -0.681.